The van der Waals surface area contributed by atoms with Crippen LogP contribution < -0.4 is 5.32 Å². The molecule has 2 atom stereocenters. The Bertz CT molecular complexity index is 459. The fourth-order valence-corrected chi connectivity index (χ4v) is 2.83. The van der Waals surface area contributed by atoms with Gasteiger partial charge in [0.25, 0.3) is 5.69 Å². The van der Waals surface area contributed by atoms with Gasteiger partial charge < -0.3 is 5.32 Å². The normalized spacial score (nSPS) is 23.7. The fraction of sp³-hybridized carbons (Fsp3) is 0.600. The van der Waals surface area contributed by atoms with Crippen LogP contribution in [0.25, 0.3) is 0 Å². The first kappa shape index (κ1) is 13.8. The Kier molecular flexibility index (Phi) is 4.40. The number of anilines is 1. The molecular weight excluding hydrogens is 240 g/mol. The highest BCUT2D eigenvalue weighted by atomic mass is 16.6. The number of para-hydroxylation sites is 1. The van der Waals surface area contributed by atoms with E-state index in [0.717, 1.165) is 24.3 Å². The molecule has 1 aliphatic rings. The van der Waals surface area contributed by atoms with E-state index in [1.165, 1.54) is 19.3 Å². The van der Waals surface area contributed by atoms with Crippen molar-refractivity contribution in [3.63, 3.8) is 0 Å². The van der Waals surface area contributed by atoms with Crippen molar-refractivity contribution >= 4 is 11.4 Å². The van der Waals surface area contributed by atoms with Gasteiger partial charge in [0.05, 0.1) is 4.92 Å². The molecule has 1 aromatic rings. The van der Waals surface area contributed by atoms with E-state index >= 15 is 0 Å². The predicted molar refractivity (Wildman–Crippen MR) is 77.5 cm³/mol. The van der Waals surface area contributed by atoms with Crippen LogP contribution in [0, 0.1) is 23.0 Å². The second-order valence-corrected chi connectivity index (χ2v) is 5.68. The topological polar surface area (TPSA) is 55.2 Å². The smallest absolute Gasteiger partial charge is 0.292 e. The van der Waals surface area contributed by atoms with Crippen LogP contribution in [0.1, 0.15) is 44.6 Å². The summed E-state index contributed by atoms with van der Waals surface area (Å²) in [6.45, 7) is 4.22. The molecule has 2 rings (SSSR count). The van der Waals surface area contributed by atoms with E-state index in [-0.39, 0.29) is 10.6 Å². The molecule has 19 heavy (non-hydrogen) atoms. The van der Waals surface area contributed by atoms with Crippen LogP contribution in [0.5, 0.6) is 0 Å². The molecule has 0 spiro atoms. The van der Waals surface area contributed by atoms with Crippen molar-refractivity contribution < 1.29 is 4.92 Å². The Morgan fingerprint density at radius 3 is 2.79 bits per heavy atom. The van der Waals surface area contributed by atoms with Gasteiger partial charge in [0, 0.05) is 12.1 Å². The molecule has 1 fully saturated rings. The van der Waals surface area contributed by atoms with Gasteiger partial charge in [-0.25, -0.2) is 0 Å². The first-order valence-corrected chi connectivity index (χ1v) is 7.08. The van der Waals surface area contributed by atoms with Gasteiger partial charge in [-0.05, 0) is 37.7 Å². The number of rotatable bonds is 3. The third-order valence-corrected chi connectivity index (χ3v) is 4.05. The van der Waals surface area contributed by atoms with Crippen molar-refractivity contribution in [1.29, 1.82) is 0 Å². The summed E-state index contributed by atoms with van der Waals surface area (Å²) in [5, 5.41) is 14.5. The Hall–Kier alpha value is -1.58. The van der Waals surface area contributed by atoms with Crippen LogP contribution in [0.2, 0.25) is 0 Å². The summed E-state index contributed by atoms with van der Waals surface area (Å²) in [5.74, 6) is 0.777. The monoisotopic (exact) mass is 262 g/mol. The molecule has 0 heterocycles. The molecule has 0 aliphatic heterocycles. The minimum Gasteiger partial charge on any atom is -0.377 e. The van der Waals surface area contributed by atoms with Crippen LogP contribution in [-0.4, -0.2) is 11.0 Å². The maximum absolute atomic E-state index is 11.1. The molecule has 1 aromatic carbocycles. The third kappa shape index (κ3) is 3.46. The van der Waals surface area contributed by atoms with Crippen LogP contribution in [0.3, 0.4) is 0 Å². The number of aryl methyl sites for hydroxylation is 1. The summed E-state index contributed by atoms with van der Waals surface area (Å²) in [5.41, 5.74) is 1.84. The van der Waals surface area contributed by atoms with Crippen molar-refractivity contribution in [2.45, 2.75) is 52.0 Å². The van der Waals surface area contributed by atoms with Gasteiger partial charge >= 0.3 is 0 Å². The van der Waals surface area contributed by atoms with Gasteiger partial charge in [0.1, 0.15) is 5.69 Å². The molecule has 0 saturated heterocycles. The molecular formula is C15H22N2O2. The van der Waals surface area contributed by atoms with E-state index in [9.17, 15) is 10.1 Å². The summed E-state index contributed by atoms with van der Waals surface area (Å²) < 4.78 is 0. The van der Waals surface area contributed by atoms with Crippen molar-refractivity contribution in [2.24, 2.45) is 5.92 Å². The second-order valence-electron chi connectivity index (χ2n) is 5.68. The van der Waals surface area contributed by atoms with E-state index in [4.69, 9.17) is 0 Å². The molecule has 2 unspecified atom stereocenters. The molecule has 104 valence electrons. The second kappa shape index (κ2) is 6.04. The molecule has 1 N–H and O–H groups in total. The number of benzene rings is 1. The van der Waals surface area contributed by atoms with E-state index in [1.807, 2.05) is 13.0 Å². The average Bonchev–Trinajstić information content (AvgIpc) is 2.56. The summed E-state index contributed by atoms with van der Waals surface area (Å²) in [6, 6.07) is 5.61. The maximum Gasteiger partial charge on any atom is 0.292 e. The maximum atomic E-state index is 11.1. The third-order valence-electron chi connectivity index (χ3n) is 4.05. The molecule has 4 heteroatoms. The van der Waals surface area contributed by atoms with Gasteiger partial charge in [0.15, 0.2) is 0 Å². The van der Waals surface area contributed by atoms with Gasteiger partial charge in [-0.3, -0.25) is 10.1 Å². The zero-order valence-electron chi connectivity index (χ0n) is 11.7. The Balaban J connectivity index is 2.16. The van der Waals surface area contributed by atoms with Crippen LogP contribution >= 0.6 is 0 Å². The average molecular weight is 262 g/mol. The number of nitrogens with one attached hydrogen (secondary N) is 1. The number of nitrogens with zero attached hydrogens (tertiary/aromatic N) is 1. The minimum atomic E-state index is -0.297. The van der Waals surface area contributed by atoms with Gasteiger partial charge in [0.2, 0.25) is 0 Å². The highest BCUT2D eigenvalue weighted by molar-refractivity contribution is 5.66. The van der Waals surface area contributed by atoms with Crippen LogP contribution in [-0.2, 0) is 0 Å². The number of hydrogen-bond acceptors (Lipinski definition) is 3. The van der Waals surface area contributed by atoms with E-state index < -0.39 is 0 Å². The van der Waals surface area contributed by atoms with Crippen LogP contribution in [0.4, 0.5) is 11.4 Å². The van der Waals surface area contributed by atoms with Gasteiger partial charge in [-0.2, -0.15) is 0 Å². The molecule has 0 radical (unpaired) electrons. The quantitative estimate of drug-likeness (QED) is 0.502. The first-order valence-electron chi connectivity index (χ1n) is 7.08. The summed E-state index contributed by atoms with van der Waals surface area (Å²) in [4.78, 5) is 10.8. The van der Waals surface area contributed by atoms with Crippen molar-refractivity contribution in [1.82, 2.24) is 0 Å². The summed E-state index contributed by atoms with van der Waals surface area (Å²) in [6.07, 6.45) is 5.90. The minimum absolute atomic E-state index is 0.192. The standard InChI is InChI=1S/C15H22N2O2/c1-11-5-3-7-13(10-9-11)16-15-12(2)6-4-8-14(15)17(18)19/h4,6,8,11,13,16H,3,5,7,9-10H2,1-2H3. The Labute approximate surface area is 114 Å². The number of hydrogen-bond donors (Lipinski definition) is 1. The summed E-state index contributed by atoms with van der Waals surface area (Å²) in [7, 11) is 0. The van der Waals surface area contributed by atoms with E-state index in [0.29, 0.717) is 11.7 Å². The van der Waals surface area contributed by atoms with Crippen molar-refractivity contribution in [2.75, 3.05) is 5.32 Å². The number of nitro groups is 1. The summed E-state index contributed by atoms with van der Waals surface area (Å²) >= 11 is 0. The Morgan fingerprint density at radius 1 is 1.26 bits per heavy atom. The predicted octanol–water partition coefficient (Wildman–Crippen LogP) is 4.28. The zero-order valence-corrected chi connectivity index (χ0v) is 11.7. The molecule has 0 amide bonds. The largest absolute Gasteiger partial charge is 0.377 e. The lowest BCUT2D eigenvalue weighted by atomic mass is 10.0. The van der Waals surface area contributed by atoms with E-state index in [2.05, 4.69) is 12.2 Å². The van der Waals surface area contributed by atoms with Crippen molar-refractivity contribution in [3.05, 3.63) is 33.9 Å². The molecule has 4 nitrogen and oxygen atoms in total. The highest BCUT2D eigenvalue weighted by Gasteiger charge is 2.21. The van der Waals surface area contributed by atoms with Gasteiger partial charge in [-0.1, -0.05) is 31.9 Å². The first-order chi connectivity index (χ1) is 9.08. The SMILES string of the molecule is Cc1cccc([N+](=O)[O-])c1NC1CCCC(C)CC1. The zero-order chi connectivity index (χ0) is 13.8. The van der Waals surface area contributed by atoms with Crippen LogP contribution in [0.15, 0.2) is 18.2 Å². The highest BCUT2D eigenvalue weighted by Crippen LogP contribution is 2.31. The lowest BCUT2D eigenvalue weighted by Gasteiger charge is -2.19. The van der Waals surface area contributed by atoms with E-state index in [1.54, 1.807) is 12.1 Å². The molecule has 1 saturated carbocycles. The molecule has 0 bridgehead atoms. The van der Waals surface area contributed by atoms with Gasteiger partial charge in [-0.15, -0.1) is 0 Å². The lowest BCUT2D eigenvalue weighted by molar-refractivity contribution is -0.384. The van der Waals surface area contributed by atoms with Crippen molar-refractivity contribution in [3.8, 4) is 0 Å². The molecule has 1 aliphatic carbocycles. The molecule has 0 aromatic heterocycles. The lowest BCUT2D eigenvalue weighted by Crippen LogP contribution is -2.19. The number of nitro benzene ring substituents is 1. The fourth-order valence-electron chi connectivity index (χ4n) is 2.83. The Morgan fingerprint density at radius 2 is 2.05 bits per heavy atom.